The molecule has 1 aromatic carbocycles. The van der Waals surface area contributed by atoms with E-state index in [4.69, 9.17) is 23.2 Å². The molecular weight excluding hydrogens is 258 g/mol. The Kier molecular flexibility index (Phi) is 3.12. The first-order valence-corrected chi connectivity index (χ1v) is 5.02. The fourth-order valence-corrected chi connectivity index (χ4v) is 1.91. The number of nitrogens with zero attached hydrogens (tertiary/aromatic N) is 1. The van der Waals surface area contributed by atoms with Crippen molar-refractivity contribution in [2.24, 2.45) is 0 Å². The summed E-state index contributed by atoms with van der Waals surface area (Å²) in [5.41, 5.74) is 0.223. The molecule has 0 aliphatic rings. The van der Waals surface area contributed by atoms with E-state index in [1.807, 2.05) is 0 Å². The predicted octanol–water partition coefficient (Wildman–Crippen LogP) is 4.14. The first-order valence-electron chi connectivity index (χ1n) is 4.27. The number of pyridine rings is 1. The highest BCUT2D eigenvalue weighted by Gasteiger charge is 2.15. The molecule has 0 radical (unpaired) electrons. The largest absolute Gasteiger partial charge is 0.431 e. The minimum atomic E-state index is -2.95. The Bertz CT molecular complexity index is 533. The molecule has 6 heteroatoms. The summed E-state index contributed by atoms with van der Waals surface area (Å²) in [7, 11) is 0. The first kappa shape index (κ1) is 11.4. The van der Waals surface area contributed by atoms with Crippen molar-refractivity contribution in [3.8, 4) is 5.75 Å². The van der Waals surface area contributed by atoms with Crippen molar-refractivity contribution in [2.45, 2.75) is 6.61 Å². The molecule has 0 spiro atoms. The van der Waals surface area contributed by atoms with E-state index in [0.717, 1.165) is 0 Å². The highest BCUT2D eigenvalue weighted by atomic mass is 35.5. The van der Waals surface area contributed by atoms with Gasteiger partial charge in [0.2, 0.25) is 0 Å². The molecule has 2 nitrogen and oxygen atoms in total. The quantitative estimate of drug-likeness (QED) is 0.812. The van der Waals surface area contributed by atoms with E-state index >= 15 is 0 Å². The number of rotatable bonds is 2. The minimum Gasteiger partial charge on any atom is -0.431 e. The molecule has 1 atom stereocenters. The SMILES string of the molecule is FC([18F])Oc1c(Cl)cc(Cl)c2cccnc12. The van der Waals surface area contributed by atoms with Crippen LogP contribution in [0.3, 0.4) is 0 Å². The van der Waals surface area contributed by atoms with Crippen molar-refractivity contribution >= 4 is 34.1 Å². The number of halogens is 4. The average molecular weight is 263 g/mol. The standard InChI is InChI=1S/C10H5Cl2F2NO/c11-6-4-7(12)9(16-10(13)14)8-5(6)2-1-3-15-8/h1-4,10H/i13-1. The number of aromatic nitrogens is 1. The molecule has 0 N–H and O–H groups in total. The summed E-state index contributed by atoms with van der Waals surface area (Å²) in [5, 5.41) is 0.871. The molecule has 84 valence electrons. The van der Waals surface area contributed by atoms with E-state index in [-0.39, 0.29) is 16.3 Å². The van der Waals surface area contributed by atoms with E-state index in [1.165, 1.54) is 12.3 Å². The maximum atomic E-state index is 12.2. The lowest BCUT2D eigenvalue weighted by atomic mass is 10.2. The zero-order chi connectivity index (χ0) is 11.7. The van der Waals surface area contributed by atoms with Gasteiger partial charge in [-0.1, -0.05) is 23.2 Å². The second kappa shape index (κ2) is 4.39. The minimum absolute atomic E-state index is 0.0106. The lowest BCUT2D eigenvalue weighted by Gasteiger charge is -2.10. The zero-order valence-corrected chi connectivity index (χ0v) is 9.27. The van der Waals surface area contributed by atoms with Gasteiger partial charge in [0.25, 0.3) is 0 Å². The molecule has 1 heterocycles. The van der Waals surface area contributed by atoms with Crippen molar-refractivity contribution in [1.29, 1.82) is 0 Å². The third-order valence-corrected chi connectivity index (χ3v) is 2.55. The van der Waals surface area contributed by atoms with Crippen molar-refractivity contribution in [3.05, 3.63) is 34.4 Å². The fourth-order valence-electron chi connectivity index (χ4n) is 1.35. The highest BCUT2D eigenvalue weighted by molar-refractivity contribution is 6.39. The van der Waals surface area contributed by atoms with Gasteiger partial charge in [0.05, 0.1) is 10.0 Å². The Morgan fingerprint density at radius 1 is 1.25 bits per heavy atom. The summed E-state index contributed by atoms with van der Waals surface area (Å²) in [6, 6.07) is 4.65. The molecular formula is C10H5Cl2F2NO. The Hall–Kier alpha value is -1.13. The van der Waals surface area contributed by atoms with E-state index in [2.05, 4.69) is 9.72 Å². The molecule has 0 aliphatic heterocycles. The van der Waals surface area contributed by atoms with Crippen molar-refractivity contribution in [3.63, 3.8) is 0 Å². The van der Waals surface area contributed by atoms with Gasteiger partial charge in [-0.15, -0.1) is 0 Å². The average Bonchev–Trinajstić information content (AvgIpc) is 2.24. The Morgan fingerprint density at radius 2 is 2.00 bits per heavy atom. The van der Waals surface area contributed by atoms with E-state index < -0.39 is 6.61 Å². The van der Waals surface area contributed by atoms with Crippen LogP contribution in [0.25, 0.3) is 10.9 Å². The van der Waals surface area contributed by atoms with Gasteiger partial charge in [0.1, 0.15) is 5.52 Å². The molecule has 2 rings (SSSR count). The van der Waals surface area contributed by atoms with Crippen LogP contribution in [0.4, 0.5) is 8.78 Å². The number of benzene rings is 1. The summed E-state index contributed by atoms with van der Waals surface area (Å²) in [5.74, 6) is -0.156. The molecule has 0 fully saturated rings. The Labute approximate surface area is 99.7 Å². The van der Waals surface area contributed by atoms with Gasteiger partial charge in [-0.3, -0.25) is 4.98 Å². The lowest BCUT2D eigenvalue weighted by molar-refractivity contribution is -0.0488. The van der Waals surface area contributed by atoms with Gasteiger partial charge in [0, 0.05) is 11.6 Å². The van der Waals surface area contributed by atoms with Crippen molar-refractivity contribution in [1.82, 2.24) is 4.98 Å². The third-order valence-electron chi connectivity index (χ3n) is 1.96. The summed E-state index contributed by atoms with van der Waals surface area (Å²) in [4.78, 5) is 3.93. The van der Waals surface area contributed by atoms with Gasteiger partial charge < -0.3 is 4.74 Å². The summed E-state index contributed by atoms with van der Waals surface area (Å²) >= 11 is 11.7. The van der Waals surface area contributed by atoms with Crippen LogP contribution < -0.4 is 4.74 Å². The predicted molar refractivity (Wildman–Crippen MR) is 58.4 cm³/mol. The fraction of sp³-hybridized carbons (Fsp3) is 0.100. The van der Waals surface area contributed by atoms with Crippen LogP contribution in [0.1, 0.15) is 0 Å². The zero-order valence-electron chi connectivity index (χ0n) is 7.75. The molecule has 0 saturated heterocycles. The number of ether oxygens (including phenoxy) is 1. The van der Waals surface area contributed by atoms with E-state index in [9.17, 15) is 8.78 Å². The van der Waals surface area contributed by atoms with Gasteiger partial charge in [-0.05, 0) is 18.2 Å². The van der Waals surface area contributed by atoms with Crippen LogP contribution in [-0.4, -0.2) is 11.6 Å². The monoisotopic (exact) mass is 262 g/mol. The molecule has 1 unspecified atom stereocenters. The number of hydrogen-bond donors (Lipinski definition) is 0. The number of alkyl halides is 2. The van der Waals surface area contributed by atoms with Crippen molar-refractivity contribution < 1.29 is 13.5 Å². The molecule has 0 saturated carbocycles. The first-order chi connectivity index (χ1) is 7.59. The van der Waals surface area contributed by atoms with Gasteiger partial charge in [-0.25, -0.2) is 0 Å². The summed E-state index contributed by atoms with van der Waals surface area (Å²) in [6.45, 7) is -2.95. The van der Waals surface area contributed by atoms with Crippen LogP contribution in [0.2, 0.25) is 10.0 Å². The van der Waals surface area contributed by atoms with Crippen molar-refractivity contribution in [2.75, 3.05) is 0 Å². The number of hydrogen-bond acceptors (Lipinski definition) is 2. The maximum Gasteiger partial charge on any atom is 0.387 e. The molecule has 1 aromatic heterocycles. The van der Waals surface area contributed by atoms with Gasteiger partial charge in [0.15, 0.2) is 5.75 Å². The van der Waals surface area contributed by atoms with Crippen LogP contribution in [0, 0.1) is 0 Å². The highest BCUT2D eigenvalue weighted by Crippen LogP contribution is 2.37. The Morgan fingerprint density at radius 3 is 2.69 bits per heavy atom. The second-order valence-electron chi connectivity index (χ2n) is 2.95. The maximum absolute atomic E-state index is 12.2. The summed E-state index contributed by atoms with van der Waals surface area (Å²) in [6.07, 6.45) is 1.45. The lowest BCUT2D eigenvalue weighted by Crippen LogP contribution is -2.03. The molecule has 2 aromatic rings. The number of fused-ring (bicyclic) bond motifs is 1. The van der Waals surface area contributed by atoms with Gasteiger partial charge >= 0.3 is 6.61 Å². The van der Waals surface area contributed by atoms with Crippen LogP contribution in [-0.2, 0) is 0 Å². The van der Waals surface area contributed by atoms with Crippen LogP contribution >= 0.6 is 23.2 Å². The van der Waals surface area contributed by atoms with E-state index in [1.54, 1.807) is 12.1 Å². The Balaban J connectivity index is 2.71. The molecule has 0 bridgehead atoms. The summed E-state index contributed by atoms with van der Waals surface area (Å²) < 4.78 is 28.7. The van der Waals surface area contributed by atoms with Crippen LogP contribution in [0.15, 0.2) is 24.4 Å². The van der Waals surface area contributed by atoms with Crippen LogP contribution in [0.5, 0.6) is 5.75 Å². The normalized spacial score (nSPS) is 12.8. The molecule has 0 amide bonds. The smallest absolute Gasteiger partial charge is 0.387 e. The third kappa shape index (κ3) is 2.03. The topological polar surface area (TPSA) is 22.1 Å². The molecule has 16 heavy (non-hydrogen) atoms. The van der Waals surface area contributed by atoms with Gasteiger partial charge in [-0.2, -0.15) is 8.78 Å². The van der Waals surface area contributed by atoms with E-state index in [0.29, 0.717) is 10.4 Å². The second-order valence-corrected chi connectivity index (χ2v) is 3.76. The molecule has 0 aliphatic carbocycles.